The van der Waals surface area contributed by atoms with Gasteiger partial charge in [-0.1, -0.05) is 83.3 Å². The fraction of sp³-hybridized carbons (Fsp3) is 0.652. The molecule has 0 aliphatic heterocycles. The van der Waals surface area contributed by atoms with Gasteiger partial charge in [0, 0.05) is 17.9 Å². The van der Waals surface area contributed by atoms with Gasteiger partial charge in [-0.3, -0.25) is 4.79 Å². The molecule has 0 saturated carbocycles. The van der Waals surface area contributed by atoms with E-state index in [0.717, 1.165) is 18.4 Å². The van der Waals surface area contributed by atoms with E-state index in [0.29, 0.717) is 18.1 Å². The molecule has 0 radical (unpaired) electrons. The van der Waals surface area contributed by atoms with Crippen LogP contribution in [0, 0.1) is 0 Å². The van der Waals surface area contributed by atoms with Crippen LogP contribution in [0.3, 0.4) is 0 Å². The number of amides is 1. The van der Waals surface area contributed by atoms with Crippen LogP contribution >= 0.6 is 24.0 Å². The summed E-state index contributed by atoms with van der Waals surface area (Å²) < 4.78 is 0. The van der Waals surface area contributed by atoms with Crippen LogP contribution in [0.15, 0.2) is 29.2 Å². The molecule has 2 N–H and O–H groups in total. The zero-order chi connectivity index (χ0) is 20.5. The van der Waals surface area contributed by atoms with E-state index in [9.17, 15) is 4.79 Å². The number of rotatable bonds is 15. The molecule has 0 fully saturated rings. The van der Waals surface area contributed by atoms with E-state index in [2.05, 4.69) is 48.1 Å². The van der Waals surface area contributed by atoms with Crippen molar-refractivity contribution in [1.29, 1.82) is 0 Å². The number of nitrogens with one attached hydrogen (secondary N) is 2. The summed E-state index contributed by atoms with van der Waals surface area (Å²) in [6.45, 7) is 2.89. The number of carbonyl (C=O) groups is 1. The average Bonchev–Trinajstić information content (AvgIpc) is 2.71. The van der Waals surface area contributed by atoms with Crippen LogP contribution < -0.4 is 10.6 Å². The highest BCUT2D eigenvalue weighted by atomic mass is 32.2. The van der Waals surface area contributed by atoms with Crippen molar-refractivity contribution in [3.05, 3.63) is 29.8 Å². The lowest BCUT2D eigenvalue weighted by Gasteiger charge is -2.10. The Morgan fingerprint density at radius 1 is 0.893 bits per heavy atom. The van der Waals surface area contributed by atoms with E-state index in [1.807, 2.05) is 0 Å². The Morgan fingerprint density at radius 3 is 1.96 bits per heavy atom. The summed E-state index contributed by atoms with van der Waals surface area (Å²) in [4.78, 5) is 13.2. The minimum absolute atomic E-state index is 0.0196. The van der Waals surface area contributed by atoms with Gasteiger partial charge in [0.15, 0.2) is 5.11 Å². The van der Waals surface area contributed by atoms with E-state index in [1.54, 1.807) is 11.8 Å². The van der Waals surface area contributed by atoms with Gasteiger partial charge in [-0.05, 0) is 42.6 Å². The van der Waals surface area contributed by atoms with Crippen molar-refractivity contribution in [3.8, 4) is 0 Å². The lowest BCUT2D eigenvalue weighted by Crippen LogP contribution is -2.38. The van der Waals surface area contributed by atoms with Gasteiger partial charge < -0.3 is 10.6 Å². The first-order valence-electron chi connectivity index (χ1n) is 10.9. The van der Waals surface area contributed by atoms with E-state index in [4.69, 9.17) is 12.2 Å². The molecular formula is C23H38N2OS2. The SMILES string of the molecule is CCCCCCCCCCCCCC(=O)NC(=S)NCc1ccc(SC)cc1. The third kappa shape index (κ3) is 13.2. The molecule has 1 amide bonds. The Hall–Kier alpha value is -1.07. The molecule has 0 aliphatic carbocycles. The molecule has 3 nitrogen and oxygen atoms in total. The summed E-state index contributed by atoms with van der Waals surface area (Å²) in [6.07, 6.45) is 16.8. The maximum atomic E-state index is 12.0. The van der Waals surface area contributed by atoms with Gasteiger partial charge in [0.25, 0.3) is 0 Å². The van der Waals surface area contributed by atoms with Crippen LogP contribution in [-0.4, -0.2) is 17.3 Å². The first kappa shape index (κ1) is 25.0. The second kappa shape index (κ2) is 16.8. The number of hydrogen-bond donors (Lipinski definition) is 2. The van der Waals surface area contributed by atoms with Crippen LogP contribution in [0.2, 0.25) is 0 Å². The Bertz CT molecular complexity index is 546. The molecule has 0 aliphatic rings. The molecule has 0 spiro atoms. The third-order valence-corrected chi connectivity index (χ3v) is 5.86. The van der Waals surface area contributed by atoms with Crippen LogP contribution in [0.5, 0.6) is 0 Å². The van der Waals surface area contributed by atoms with Gasteiger partial charge in [0.2, 0.25) is 5.91 Å². The summed E-state index contributed by atoms with van der Waals surface area (Å²) in [5.41, 5.74) is 1.15. The van der Waals surface area contributed by atoms with Crippen molar-refractivity contribution < 1.29 is 4.79 Å². The van der Waals surface area contributed by atoms with Gasteiger partial charge in [0.1, 0.15) is 0 Å². The zero-order valence-corrected chi connectivity index (χ0v) is 19.4. The Morgan fingerprint density at radius 2 is 1.43 bits per heavy atom. The van der Waals surface area contributed by atoms with Gasteiger partial charge in [-0.25, -0.2) is 0 Å². The minimum atomic E-state index is 0.0196. The van der Waals surface area contributed by atoms with E-state index in [1.165, 1.54) is 62.7 Å². The van der Waals surface area contributed by atoms with Crippen molar-refractivity contribution in [1.82, 2.24) is 10.6 Å². The second-order valence-corrected chi connectivity index (χ2v) is 8.65. The van der Waals surface area contributed by atoms with Gasteiger partial charge >= 0.3 is 0 Å². The molecule has 0 bridgehead atoms. The van der Waals surface area contributed by atoms with Crippen LogP contribution in [0.1, 0.15) is 89.5 Å². The predicted molar refractivity (Wildman–Crippen MR) is 127 cm³/mol. The van der Waals surface area contributed by atoms with Gasteiger partial charge in [0.05, 0.1) is 0 Å². The Labute approximate surface area is 181 Å². The number of carbonyl (C=O) groups excluding carboxylic acids is 1. The summed E-state index contributed by atoms with van der Waals surface area (Å²) in [5.74, 6) is 0.0196. The summed E-state index contributed by atoms with van der Waals surface area (Å²) in [5, 5.41) is 6.31. The van der Waals surface area contributed by atoms with E-state index < -0.39 is 0 Å². The maximum Gasteiger partial charge on any atom is 0.226 e. The number of thiocarbonyl (C=S) groups is 1. The number of hydrogen-bond acceptors (Lipinski definition) is 3. The summed E-state index contributed by atoms with van der Waals surface area (Å²) in [7, 11) is 0. The zero-order valence-electron chi connectivity index (χ0n) is 17.7. The molecule has 0 heterocycles. The van der Waals surface area contributed by atoms with Crippen molar-refractivity contribution in [2.75, 3.05) is 6.26 Å². The fourth-order valence-electron chi connectivity index (χ4n) is 3.11. The quantitative estimate of drug-likeness (QED) is 0.190. The molecular weight excluding hydrogens is 384 g/mol. The molecule has 1 aromatic carbocycles. The normalized spacial score (nSPS) is 10.6. The van der Waals surface area contributed by atoms with E-state index >= 15 is 0 Å². The molecule has 0 unspecified atom stereocenters. The highest BCUT2D eigenvalue weighted by Crippen LogP contribution is 2.14. The fourth-order valence-corrected chi connectivity index (χ4v) is 3.70. The van der Waals surface area contributed by atoms with Gasteiger partial charge in [-0.2, -0.15) is 0 Å². The first-order chi connectivity index (χ1) is 13.7. The molecule has 0 saturated heterocycles. The molecule has 1 aromatic rings. The molecule has 5 heteroatoms. The topological polar surface area (TPSA) is 41.1 Å². The monoisotopic (exact) mass is 422 g/mol. The van der Waals surface area contributed by atoms with Crippen LogP contribution in [-0.2, 0) is 11.3 Å². The smallest absolute Gasteiger partial charge is 0.226 e. The average molecular weight is 423 g/mol. The number of thioether (sulfide) groups is 1. The van der Waals surface area contributed by atoms with Crippen molar-refractivity contribution in [3.63, 3.8) is 0 Å². The number of benzene rings is 1. The van der Waals surface area contributed by atoms with E-state index in [-0.39, 0.29) is 5.91 Å². The second-order valence-electron chi connectivity index (χ2n) is 7.36. The number of unbranched alkanes of at least 4 members (excludes halogenated alkanes) is 10. The molecule has 0 aromatic heterocycles. The maximum absolute atomic E-state index is 12.0. The molecule has 0 atom stereocenters. The highest BCUT2D eigenvalue weighted by Gasteiger charge is 2.04. The summed E-state index contributed by atoms with van der Waals surface area (Å²) >= 11 is 6.94. The molecule has 158 valence electrons. The summed E-state index contributed by atoms with van der Waals surface area (Å²) in [6, 6.07) is 8.34. The van der Waals surface area contributed by atoms with Crippen molar-refractivity contribution in [2.45, 2.75) is 95.4 Å². The van der Waals surface area contributed by atoms with Crippen molar-refractivity contribution >= 4 is 35.0 Å². The minimum Gasteiger partial charge on any atom is -0.358 e. The van der Waals surface area contributed by atoms with Crippen LogP contribution in [0.4, 0.5) is 0 Å². The Balaban J connectivity index is 1.97. The lowest BCUT2D eigenvalue weighted by atomic mass is 10.1. The first-order valence-corrected chi connectivity index (χ1v) is 12.5. The Kier molecular flexibility index (Phi) is 15.0. The highest BCUT2D eigenvalue weighted by molar-refractivity contribution is 7.98. The third-order valence-electron chi connectivity index (χ3n) is 4.87. The van der Waals surface area contributed by atoms with Gasteiger partial charge in [-0.15, -0.1) is 11.8 Å². The standard InChI is InChI=1S/C23H38N2OS2/c1-3-4-5-6-7-8-9-10-11-12-13-14-22(26)25-23(27)24-19-20-15-17-21(28-2)18-16-20/h15-18H,3-14,19H2,1-2H3,(H2,24,25,26,27). The predicted octanol–water partition coefficient (Wildman–Crippen LogP) is 6.60. The van der Waals surface area contributed by atoms with Crippen LogP contribution in [0.25, 0.3) is 0 Å². The molecule has 28 heavy (non-hydrogen) atoms. The van der Waals surface area contributed by atoms with Crippen molar-refractivity contribution in [2.24, 2.45) is 0 Å². The molecule has 1 rings (SSSR count). The largest absolute Gasteiger partial charge is 0.358 e. The lowest BCUT2D eigenvalue weighted by molar-refractivity contribution is -0.119.